The predicted molar refractivity (Wildman–Crippen MR) is 93.4 cm³/mol. The Morgan fingerprint density at radius 1 is 1.27 bits per heavy atom. The summed E-state index contributed by atoms with van der Waals surface area (Å²) in [5.41, 5.74) is 0.0719. The third kappa shape index (κ3) is 5.01. The zero-order valence-electron chi connectivity index (χ0n) is 14.0. The van der Waals surface area contributed by atoms with Crippen LogP contribution in [0, 0.1) is 21.4 Å². The van der Waals surface area contributed by atoms with Crippen LogP contribution in [0.3, 0.4) is 0 Å². The third-order valence-electron chi connectivity index (χ3n) is 3.75. The second-order valence-electron chi connectivity index (χ2n) is 5.61. The summed E-state index contributed by atoms with van der Waals surface area (Å²) >= 11 is 0. The zero-order chi connectivity index (χ0) is 19.3. The van der Waals surface area contributed by atoms with E-state index < -0.39 is 20.9 Å². The van der Waals surface area contributed by atoms with E-state index in [-0.39, 0.29) is 24.4 Å². The van der Waals surface area contributed by atoms with Gasteiger partial charge in [-0.25, -0.2) is 8.42 Å². The highest BCUT2D eigenvalue weighted by Gasteiger charge is 2.23. The number of rotatable bonds is 5. The van der Waals surface area contributed by atoms with Crippen molar-refractivity contribution in [3.05, 3.63) is 46.2 Å². The van der Waals surface area contributed by atoms with Crippen molar-refractivity contribution in [3.8, 4) is 6.07 Å². The Kier molecular flexibility index (Phi) is 5.91. The summed E-state index contributed by atoms with van der Waals surface area (Å²) in [5.74, 6) is -0.646. The SMILES string of the molecule is CS(=O)(=O)N1CCN(/C=C(/C#N)C(=O)Nc2ccc([N+](=O)[O-])cc2)CC1. The van der Waals surface area contributed by atoms with E-state index in [0.717, 1.165) is 6.26 Å². The van der Waals surface area contributed by atoms with Crippen LogP contribution in [0.5, 0.6) is 0 Å². The van der Waals surface area contributed by atoms with Crippen molar-refractivity contribution in [2.75, 3.05) is 37.8 Å². The van der Waals surface area contributed by atoms with E-state index >= 15 is 0 Å². The number of benzene rings is 1. The molecule has 138 valence electrons. The number of hydrogen-bond acceptors (Lipinski definition) is 7. The summed E-state index contributed by atoms with van der Waals surface area (Å²) in [6.07, 6.45) is 2.52. The van der Waals surface area contributed by atoms with E-state index in [1.54, 1.807) is 4.90 Å². The first-order valence-corrected chi connectivity index (χ1v) is 9.42. The molecular formula is C15H17N5O5S. The van der Waals surface area contributed by atoms with Crippen LogP contribution in [0.25, 0.3) is 0 Å². The Morgan fingerprint density at radius 2 is 1.85 bits per heavy atom. The van der Waals surface area contributed by atoms with Crippen LogP contribution in [0.1, 0.15) is 0 Å². The smallest absolute Gasteiger partial charge is 0.269 e. The van der Waals surface area contributed by atoms with Gasteiger partial charge in [0.1, 0.15) is 11.6 Å². The molecule has 1 saturated heterocycles. The molecule has 0 saturated carbocycles. The fourth-order valence-corrected chi connectivity index (χ4v) is 3.18. The molecule has 1 heterocycles. The van der Waals surface area contributed by atoms with Gasteiger partial charge in [0.2, 0.25) is 10.0 Å². The van der Waals surface area contributed by atoms with Crippen LogP contribution in [-0.2, 0) is 14.8 Å². The normalized spacial score (nSPS) is 16.0. The zero-order valence-corrected chi connectivity index (χ0v) is 14.8. The average molecular weight is 379 g/mol. The minimum Gasteiger partial charge on any atom is -0.373 e. The molecule has 1 aliphatic heterocycles. The minimum atomic E-state index is -3.26. The van der Waals surface area contributed by atoms with Gasteiger partial charge >= 0.3 is 0 Å². The molecule has 1 aromatic carbocycles. The number of nitrogens with zero attached hydrogens (tertiary/aromatic N) is 4. The number of nitriles is 1. The van der Waals surface area contributed by atoms with Crippen molar-refractivity contribution in [2.24, 2.45) is 0 Å². The summed E-state index contributed by atoms with van der Waals surface area (Å²) in [5, 5.41) is 22.3. The van der Waals surface area contributed by atoms with Gasteiger partial charge < -0.3 is 10.2 Å². The molecule has 0 unspecified atom stereocenters. The highest BCUT2D eigenvalue weighted by Crippen LogP contribution is 2.16. The lowest BCUT2D eigenvalue weighted by molar-refractivity contribution is -0.384. The number of carbonyl (C=O) groups excluding carboxylic acids is 1. The van der Waals surface area contributed by atoms with Gasteiger partial charge in [-0.15, -0.1) is 0 Å². The van der Waals surface area contributed by atoms with Gasteiger partial charge in [-0.1, -0.05) is 0 Å². The molecule has 1 N–H and O–H groups in total. The molecule has 0 aliphatic carbocycles. The number of nitrogens with one attached hydrogen (secondary N) is 1. The highest BCUT2D eigenvalue weighted by molar-refractivity contribution is 7.88. The number of hydrogen-bond donors (Lipinski definition) is 1. The van der Waals surface area contributed by atoms with E-state index in [1.165, 1.54) is 34.8 Å². The van der Waals surface area contributed by atoms with Gasteiger partial charge in [0.25, 0.3) is 11.6 Å². The van der Waals surface area contributed by atoms with Crippen molar-refractivity contribution < 1.29 is 18.1 Å². The molecule has 1 fully saturated rings. The van der Waals surface area contributed by atoms with Gasteiger partial charge in [-0.05, 0) is 12.1 Å². The quantitative estimate of drug-likeness (QED) is 0.341. The lowest BCUT2D eigenvalue weighted by Crippen LogP contribution is -2.46. The fraction of sp³-hybridized carbons (Fsp3) is 0.333. The molecule has 1 aromatic rings. The lowest BCUT2D eigenvalue weighted by Gasteiger charge is -2.32. The number of nitro benzene ring substituents is 1. The molecule has 0 radical (unpaired) electrons. The standard InChI is InChI=1S/C15H17N5O5S/c1-26(24,25)19-8-6-18(7-9-19)11-12(10-16)15(21)17-13-2-4-14(5-3-13)20(22)23/h2-5,11H,6-9H2,1H3,(H,17,21)/b12-11-. The van der Waals surface area contributed by atoms with E-state index in [1.807, 2.05) is 6.07 Å². The van der Waals surface area contributed by atoms with Crippen LogP contribution in [0.4, 0.5) is 11.4 Å². The highest BCUT2D eigenvalue weighted by atomic mass is 32.2. The monoisotopic (exact) mass is 379 g/mol. The number of non-ortho nitro benzene ring substituents is 1. The Hall–Kier alpha value is -2.97. The van der Waals surface area contributed by atoms with Crippen molar-refractivity contribution in [1.82, 2.24) is 9.21 Å². The molecular weight excluding hydrogens is 362 g/mol. The second-order valence-corrected chi connectivity index (χ2v) is 7.59. The average Bonchev–Trinajstić information content (AvgIpc) is 2.59. The molecule has 11 heteroatoms. The number of sulfonamides is 1. The van der Waals surface area contributed by atoms with Crippen molar-refractivity contribution in [3.63, 3.8) is 0 Å². The van der Waals surface area contributed by atoms with Gasteiger partial charge in [-0.3, -0.25) is 14.9 Å². The first kappa shape index (κ1) is 19.4. The van der Waals surface area contributed by atoms with Crippen molar-refractivity contribution in [1.29, 1.82) is 5.26 Å². The van der Waals surface area contributed by atoms with Gasteiger partial charge in [0.15, 0.2) is 0 Å². The first-order chi connectivity index (χ1) is 12.2. The van der Waals surface area contributed by atoms with Gasteiger partial charge in [-0.2, -0.15) is 9.57 Å². The van der Waals surface area contributed by atoms with E-state index in [9.17, 15) is 28.6 Å². The molecule has 10 nitrogen and oxygen atoms in total. The molecule has 2 rings (SSSR count). The Bertz CT molecular complexity index is 865. The van der Waals surface area contributed by atoms with Gasteiger partial charge in [0, 0.05) is 50.2 Å². The summed E-state index contributed by atoms with van der Waals surface area (Å²) in [7, 11) is -3.26. The predicted octanol–water partition coefficient (Wildman–Crippen LogP) is 0.518. The summed E-state index contributed by atoms with van der Waals surface area (Å²) in [6.45, 7) is 1.28. The van der Waals surface area contributed by atoms with Crippen molar-refractivity contribution in [2.45, 2.75) is 0 Å². The maximum Gasteiger partial charge on any atom is 0.269 e. The molecule has 26 heavy (non-hydrogen) atoms. The summed E-state index contributed by atoms with van der Waals surface area (Å²) < 4.78 is 24.3. The Morgan fingerprint density at radius 3 is 2.31 bits per heavy atom. The number of nitro groups is 1. The number of amides is 1. The summed E-state index contributed by atoms with van der Waals surface area (Å²) in [4.78, 5) is 24.0. The number of piperazine rings is 1. The Labute approximate surface area is 150 Å². The minimum absolute atomic E-state index is 0.109. The third-order valence-corrected chi connectivity index (χ3v) is 5.06. The van der Waals surface area contributed by atoms with Crippen LogP contribution in [0.2, 0.25) is 0 Å². The molecule has 1 aliphatic rings. The second kappa shape index (κ2) is 7.94. The summed E-state index contributed by atoms with van der Waals surface area (Å²) in [6, 6.07) is 7.04. The van der Waals surface area contributed by atoms with Crippen LogP contribution in [0.15, 0.2) is 36.0 Å². The largest absolute Gasteiger partial charge is 0.373 e. The molecule has 0 aromatic heterocycles. The van der Waals surface area contributed by atoms with Crippen LogP contribution < -0.4 is 5.32 Å². The fourth-order valence-electron chi connectivity index (χ4n) is 2.35. The number of anilines is 1. The Balaban J connectivity index is 2.01. The molecule has 0 bridgehead atoms. The molecule has 0 atom stereocenters. The van der Waals surface area contributed by atoms with Crippen LogP contribution >= 0.6 is 0 Å². The van der Waals surface area contributed by atoms with Crippen LogP contribution in [-0.4, -0.2) is 60.9 Å². The van der Waals surface area contributed by atoms with E-state index in [2.05, 4.69) is 5.32 Å². The topological polar surface area (TPSA) is 137 Å². The maximum atomic E-state index is 12.2. The van der Waals surface area contributed by atoms with E-state index in [0.29, 0.717) is 18.8 Å². The first-order valence-electron chi connectivity index (χ1n) is 7.57. The lowest BCUT2D eigenvalue weighted by atomic mass is 10.2. The molecule has 1 amide bonds. The molecule has 0 spiro atoms. The van der Waals surface area contributed by atoms with Crippen molar-refractivity contribution >= 4 is 27.3 Å². The van der Waals surface area contributed by atoms with E-state index in [4.69, 9.17) is 0 Å². The van der Waals surface area contributed by atoms with Gasteiger partial charge in [0.05, 0.1) is 11.2 Å². The number of carbonyl (C=O) groups is 1. The maximum absolute atomic E-state index is 12.2.